The minimum atomic E-state index is -1.62. The van der Waals surface area contributed by atoms with E-state index in [-0.39, 0.29) is 113 Å². The fourth-order valence-electron chi connectivity index (χ4n) is 17.2. The van der Waals surface area contributed by atoms with Crippen LogP contribution in [-0.4, -0.2) is 9.13 Å². The Morgan fingerprint density at radius 1 is 0.306 bits per heavy atom. The molecule has 0 fully saturated rings. The van der Waals surface area contributed by atoms with E-state index in [1.807, 2.05) is 131 Å². The SMILES string of the molecule is [2H]c1c([2H])c([2H])c2c(c1[2H])Cc1c-2c2c([2H])c([2H])c([2H])c([2H])c2n1-c1c([2H])c([2H])c2c(c1[2H])N(c1c(-c3ccccc3)cc(C(C)(C)C)cc1-c1ccccc1)c1cc(-c3cc(C(C)(C)C)cc(C(C)(C)C)c3)cc3c1C2c1c([2H])c([2H])c(-n2c4c(c5c([2H])c([2H])c([2H])c([2H])c52)-c2c([2H])c([2H])c([2H])c([2H])c2C4)c([2H])c1N3c1c(-c2ccccc2)cc(C(C)(C)C)cc1-c1ccccc1. The van der Waals surface area contributed by atoms with Gasteiger partial charge in [0.05, 0.1) is 75.3 Å². The second-order valence-corrected chi connectivity index (χ2v) is 33.9. The average molecular weight is 1460 g/mol. The molecule has 4 nitrogen and oxygen atoms in total. The number of fused-ring (bicyclic) bond motifs is 14. The maximum absolute atomic E-state index is 12.1. The summed E-state index contributed by atoms with van der Waals surface area (Å²) in [5, 5.41) is -0.311. The summed E-state index contributed by atoms with van der Waals surface area (Å²) in [5.74, 6) is -1.62. The fourth-order valence-corrected chi connectivity index (χ4v) is 17.2. The molecule has 0 saturated heterocycles. The summed E-state index contributed by atoms with van der Waals surface area (Å²) in [6, 6.07) is 45.8. The standard InChI is InChI=1S/C107H92N4/c1-104(2,3)74-53-72(54-75(59-74)105(4,5)6)73-57-96-101-97(58-73)111(103-88(68-37-21-15-22-38-68)62-77(107(10,11)12)63-89(103)69-39-23-16-24-40-69)93-65-79(109-91-48-32-30-46-83(91)99-81-44-28-26-42-71(81)56-95(99)109)50-52-85(93)100(101)84-51-49-78(108-90-47-31-29-45-82(90)98-80-43-27-25-41-70(80)55-94(98)108)64-92(84)110(96)102-86(66-33-17-13-18-34-66)60-76(106(7,8)9)61-87(102)67-35-19-14-20-36-67/h13-54,57-65,100H,55-56H2,1-12H3/i25D,26D,27D,28D,29D,30D,31D,32D,41D,42D,43D,44D,45D,46D,47D,48D,49D,50D,51D,52D,64D,65D. The van der Waals surface area contributed by atoms with Crippen LogP contribution in [0, 0.1) is 0 Å². The van der Waals surface area contributed by atoms with Crippen molar-refractivity contribution in [3.8, 4) is 89.3 Å². The van der Waals surface area contributed by atoms with Crippen LogP contribution in [0.15, 0.2) is 309 Å². The molecule has 0 unspecified atom stereocenters. The highest BCUT2D eigenvalue weighted by Crippen LogP contribution is 2.66. The van der Waals surface area contributed by atoms with E-state index in [2.05, 4.69) is 138 Å². The lowest BCUT2D eigenvalue weighted by molar-refractivity contribution is 0.569. The quantitative estimate of drug-likeness (QED) is 0.143. The Morgan fingerprint density at radius 2 is 0.631 bits per heavy atom. The molecule has 2 aliphatic carbocycles. The van der Waals surface area contributed by atoms with Gasteiger partial charge in [-0.15, -0.1) is 0 Å². The normalized spacial score (nSPS) is 16.4. The van der Waals surface area contributed by atoms with E-state index in [0.29, 0.717) is 83.9 Å². The van der Waals surface area contributed by atoms with Crippen molar-refractivity contribution < 1.29 is 30.2 Å². The monoisotopic (exact) mass is 1450 g/mol. The molecule has 540 valence electrons. The maximum Gasteiger partial charge on any atom is 0.0667 e. The third-order valence-corrected chi connectivity index (χ3v) is 22.8. The molecule has 0 saturated carbocycles. The lowest BCUT2D eigenvalue weighted by atomic mass is 9.73. The second-order valence-electron chi connectivity index (χ2n) is 33.9. The number of hydrogen-bond donors (Lipinski definition) is 0. The largest absolute Gasteiger partial charge is 0.313 e. The van der Waals surface area contributed by atoms with Gasteiger partial charge in [-0.2, -0.15) is 0 Å². The van der Waals surface area contributed by atoms with Gasteiger partial charge in [0.1, 0.15) is 0 Å². The first-order chi connectivity index (χ1) is 62.8. The molecule has 111 heavy (non-hydrogen) atoms. The minimum Gasteiger partial charge on any atom is -0.313 e. The number of para-hydroxylation sites is 2. The van der Waals surface area contributed by atoms with Crippen LogP contribution in [0.25, 0.3) is 111 Å². The van der Waals surface area contributed by atoms with Crippen LogP contribution >= 0.6 is 0 Å². The Bertz CT molecular complexity index is 7290. The molecule has 14 aromatic carbocycles. The van der Waals surface area contributed by atoms with E-state index in [0.717, 1.165) is 22.3 Å². The van der Waals surface area contributed by atoms with Crippen LogP contribution in [0.1, 0.15) is 181 Å². The summed E-state index contributed by atoms with van der Waals surface area (Å²) in [4.78, 5) is 3.97. The lowest BCUT2D eigenvalue weighted by Gasteiger charge is -2.47. The first-order valence-corrected chi connectivity index (χ1v) is 38.1. The number of anilines is 6. The van der Waals surface area contributed by atoms with Gasteiger partial charge in [-0.25, -0.2) is 0 Å². The Hall–Kier alpha value is -12.2. The zero-order valence-electron chi connectivity index (χ0n) is 86.0. The molecule has 2 aromatic heterocycles. The predicted molar refractivity (Wildman–Crippen MR) is 469 cm³/mol. The minimum absolute atomic E-state index is 0.0245. The number of aromatic nitrogens is 2. The van der Waals surface area contributed by atoms with Crippen molar-refractivity contribution in [2.45, 2.75) is 124 Å². The molecular weight excluding hydrogens is 1340 g/mol. The van der Waals surface area contributed by atoms with Gasteiger partial charge in [0.15, 0.2) is 0 Å². The van der Waals surface area contributed by atoms with Crippen LogP contribution in [0.5, 0.6) is 0 Å². The number of benzene rings is 14. The van der Waals surface area contributed by atoms with Crippen LogP contribution in [0.3, 0.4) is 0 Å². The molecule has 4 heteroatoms. The molecule has 0 N–H and O–H groups in total. The van der Waals surface area contributed by atoms with E-state index in [1.165, 1.54) is 9.13 Å². The zero-order valence-corrected chi connectivity index (χ0v) is 64.0. The van der Waals surface area contributed by atoms with Gasteiger partial charge in [-0.05, 0) is 183 Å². The van der Waals surface area contributed by atoms with Crippen molar-refractivity contribution in [3.63, 3.8) is 0 Å². The Balaban J connectivity index is 1.07. The van der Waals surface area contributed by atoms with Gasteiger partial charge in [0.2, 0.25) is 0 Å². The summed E-state index contributed by atoms with van der Waals surface area (Å²) in [6.45, 7) is 25.7. The lowest BCUT2D eigenvalue weighted by Crippen LogP contribution is -2.30. The molecule has 4 aliphatic rings. The van der Waals surface area contributed by atoms with E-state index < -0.39 is 161 Å². The van der Waals surface area contributed by atoms with Gasteiger partial charge < -0.3 is 18.9 Å². The van der Waals surface area contributed by atoms with Gasteiger partial charge in [-0.1, -0.05) is 319 Å². The zero-order chi connectivity index (χ0) is 94.9. The molecule has 2 aliphatic heterocycles. The van der Waals surface area contributed by atoms with Crippen molar-refractivity contribution in [2.24, 2.45) is 0 Å². The van der Waals surface area contributed by atoms with Gasteiger partial charge in [-0.3, -0.25) is 0 Å². The van der Waals surface area contributed by atoms with Crippen molar-refractivity contribution in [1.29, 1.82) is 0 Å². The number of hydrogen-bond acceptors (Lipinski definition) is 2. The third-order valence-electron chi connectivity index (χ3n) is 22.8. The fraction of sp³-hybridized carbons (Fsp3) is 0.178. The Labute approximate surface area is 685 Å². The van der Waals surface area contributed by atoms with Crippen LogP contribution in [0.2, 0.25) is 0 Å². The Kier molecular flexibility index (Phi) is 10.9. The second kappa shape index (κ2) is 25.2. The average Bonchev–Trinajstić information content (AvgIpc) is 1.59. The molecule has 4 heterocycles. The number of rotatable bonds is 9. The van der Waals surface area contributed by atoms with Crippen molar-refractivity contribution in [2.75, 3.05) is 9.80 Å². The highest BCUT2D eigenvalue weighted by atomic mass is 15.2. The maximum atomic E-state index is 12.1. The highest BCUT2D eigenvalue weighted by molar-refractivity contribution is 6.10. The molecule has 0 radical (unpaired) electrons. The summed E-state index contributed by atoms with van der Waals surface area (Å²) >= 11 is 0. The molecule has 0 atom stereocenters. The summed E-state index contributed by atoms with van der Waals surface area (Å²) in [7, 11) is 0. The van der Waals surface area contributed by atoms with Crippen molar-refractivity contribution in [3.05, 3.63) is 370 Å². The van der Waals surface area contributed by atoms with Crippen LogP contribution in [-0.2, 0) is 34.5 Å². The molecule has 0 spiro atoms. The summed E-state index contributed by atoms with van der Waals surface area (Å²) in [5.41, 5.74) is 8.86. The van der Waals surface area contributed by atoms with Crippen LogP contribution < -0.4 is 9.80 Å². The van der Waals surface area contributed by atoms with Gasteiger partial charge in [0, 0.05) is 91.2 Å². The predicted octanol–water partition coefficient (Wildman–Crippen LogP) is 29.0. The van der Waals surface area contributed by atoms with Gasteiger partial charge in [0.25, 0.3) is 0 Å². The van der Waals surface area contributed by atoms with Gasteiger partial charge >= 0.3 is 0 Å². The van der Waals surface area contributed by atoms with E-state index >= 15 is 0 Å². The summed E-state index contributed by atoms with van der Waals surface area (Å²) < 4.78 is 226. The molecular formula is C107H92N4. The Morgan fingerprint density at radius 3 is 0.991 bits per heavy atom. The third kappa shape index (κ3) is 11.0. The molecule has 20 rings (SSSR count). The molecule has 16 aromatic rings. The topological polar surface area (TPSA) is 16.3 Å². The van der Waals surface area contributed by atoms with Crippen molar-refractivity contribution in [1.82, 2.24) is 9.13 Å². The molecule has 0 bridgehead atoms. The van der Waals surface area contributed by atoms with E-state index in [1.54, 1.807) is 0 Å². The smallest absolute Gasteiger partial charge is 0.0667 e. The molecule has 0 amide bonds. The van der Waals surface area contributed by atoms with Crippen LogP contribution in [0.4, 0.5) is 34.1 Å². The number of nitrogens with zero attached hydrogens (tertiary/aromatic N) is 4. The first kappa shape index (κ1) is 48.3. The van der Waals surface area contributed by atoms with E-state index in [9.17, 15) is 24.7 Å². The highest BCUT2D eigenvalue weighted by Gasteiger charge is 2.45. The first-order valence-electron chi connectivity index (χ1n) is 49.1. The van der Waals surface area contributed by atoms with Crippen molar-refractivity contribution >= 4 is 55.9 Å². The van der Waals surface area contributed by atoms with E-state index in [4.69, 9.17) is 5.48 Å². The summed E-state index contributed by atoms with van der Waals surface area (Å²) in [6.07, 6.45) is -0.687.